The molecule has 1 aliphatic carbocycles. The molecule has 4 rings (SSSR count). The van der Waals surface area contributed by atoms with Crippen molar-refractivity contribution in [2.75, 3.05) is 4.90 Å². The van der Waals surface area contributed by atoms with Gasteiger partial charge < -0.3 is 0 Å². The molecule has 2 aliphatic rings. The van der Waals surface area contributed by atoms with Crippen LogP contribution in [0.3, 0.4) is 0 Å². The molecule has 0 N–H and O–H groups in total. The van der Waals surface area contributed by atoms with Gasteiger partial charge in [0.05, 0.1) is 21.3 Å². The first kappa shape index (κ1) is 15.0. The van der Waals surface area contributed by atoms with E-state index in [9.17, 15) is 9.18 Å². The first-order valence-electron chi connectivity index (χ1n) is 7.11. The summed E-state index contributed by atoms with van der Waals surface area (Å²) >= 11 is 8.19. The number of rotatable bonds is 3. The Morgan fingerprint density at radius 2 is 2.04 bits per heavy atom. The highest BCUT2D eigenvalue weighted by Gasteiger charge is 2.33. The van der Waals surface area contributed by atoms with Crippen LogP contribution in [-0.4, -0.2) is 15.2 Å². The average Bonchev–Trinajstić information content (AvgIpc) is 3.22. The Kier molecular flexibility index (Phi) is 3.79. The van der Waals surface area contributed by atoms with Gasteiger partial charge in [0, 0.05) is 11.3 Å². The molecule has 0 unspecified atom stereocenters. The Morgan fingerprint density at radius 1 is 1.30 bits per heavy atom. The van der Waals surface area contributed by atoms with Gasteiger partial charge in [-0.2, -0.15) is 0 Å². The SMILES string of the molecule is O=C1/C(=C/c2csc(C3CC3)n2)SC(=S)N1c1ccc(F)cc1. The summed E-state index contributed by atoms with van der Waals surface area (Å²) in [6.45, 7) is 0. The number of amides is 1. The minimum absolute atomic E-state index is 0.187. The normalized spacial score (nSPS) is 19.9. The lowest BCUT2D eigenvalue weighted by atomic mass is 10.3. The molecular formula is C16H11FN2OS3. The monoisotopic (exact) mass is 362 g/mol. The Morgan fingerprint density at radius 3 is 2.74 bits per heavy atom. The zero-order valence-corrected chi connectivity index (χ0v) is 14.3. The lowest BCUT2D eigenvalue weighted by Crippen LogP contribution is -2.27. The van der Waals surface area contributed by atoms with E-state index in [-0.39, 0.29) is 11.7 Å². The maximum absolute atomic E-state index is 13.0. The molecule has 23 heavy (non-hydrogen) atoms. The number of carbonyl (C=O) groups excluding carboxylic acids is 1. The molecule has 1 saturated carbocycles. The van der Waals surface area contributed by atoms with Gasteiger partial charge in [-0.3, -0.25) is 9.69 Å². The van der Waals surface area contributed by atoms with Crippen LogP contribution >= 0.6 is 35.3 Å². The number of benzene rings is 1. The molecular weight excluding hydrogens is 351 g/mol. The highest BCUT2D eigenvalue weighted by atomic mass is 32.2. The maximum atomic E-state index is 13.0. The van der Waals surface area contributed by atoms with E-state index in [0.717, 1.165) is 10.7 Å². The third-order valence-corrected chi connectivity index (χ3v) is 5.95. The summed E-state index contributed by atoms with van der Waals surface area (Å²) in [7, 11) is 0. The molecule has 0 spiro atoms. The number of nitrogens with zero attached hydrogens (tertiary/aromatic N) is 2. The Bertz CT molecular complexity index is 824. The Labute approximate surface area is 146 Å². The van der Waals surface area contributed by atoms with E-state index in [1.807, 2.05) is 5.38 Å². The highest BCUT2D eigenvalue weighted by molar-refractivity contribution is 8.27. The van der Waals surface area contributed by atoms with Gasteiger partial charge >= 0.3 is 0 Å². The second-order valence-electron chi connectivity index (χ2n) is 5.38. The van der Waals surface area contributed by atoms with E-state index in [1.165, 1.54) is 41.6 Å². The molecule has 7 heteroatoms. The second kappa shape index (κ2) is 5.81. The standard InChI is InChI=1S/C16H11FN2OS3/c17-10-3-5-12(6-4-10)19-15(20)13(23-16(19)21)7-11-8-22-14(18-11)9-1-2-9/h3-9H,1-2H2/b13-7-. The number of halogens is 1. The van der Waals surface area contributed by atoms with Gasteiger partial charge in [0.2, 0.25) is 0 Å². The largest absolute Gasteiger partial charge is 0.270 e. The fraction of sp³-hybridized carbons (Fsp3) is 0.188. The van der Waals surface area contributed by atoms with E-state index in [0.29, 0.717) is 20.8 Å². The summed E-state index contributed by atoms with van der Waals surface area (Å²) in [6, 6.07) is 5.74. The molecule has 3 nitrogen and oxygen atoms in total. The predicted molar refractivity (Wildman–Crippen MR) is 96.1 cm³/mol. The first-order chi connectivity index (χ1) is 11.1. The molecule has 0 radical (unpaired) electrons. The topological polar surface area (TPSA) is 33.2 Å². The molecule has 1 amide bonds. The molecule has 0 bridgehead atoms. The van der Waals surface area contributed by atoms with Gasteiger partial charge in [0.15, 0.2) is 4.32 Å². The zero-order chi connectivity index (χ0) is 16.0. The van der Waals surface area contributed by atoms with E-state index in [1.54, 1.807) is 29.5 Å². The van der Waals surface area contributed by atoms with Crippen molar-refractivity contribution >= 4 is 57.3 Å². The van der Waals surface area contributed by atoms with Crippen molar-refractivity contribution in [2.45, 2.75) is 18.8 Å². The van der Waals surface area contributed by atoms with Crippen LogP contribution in [-0.2, 0) is 4.79 Å². The number of thiocarbonyl (C=S) groups is 1. The Hall–Kier alpha value is -1.57. The molecule has 1 aliphatic heterocycles. The number of aromatic nitrogens is 1. The van der Waals surface area contributed by atoms with Gasteiger partial charge in [-0.25, -0.2) is 9.37 Å². The van der Waals surface area contributed by atoms with Crippen molar-refractivity contribution < 1.29 is 9.18 Å². The van der Waals surface area contributed by atoms with Crippen LogP contribution in [0.25, 0.3) is 6.08 Å². The number of carbonyl (C=O) groups is 1. The molecule has 116 valence electrons. The van der Waals surface area contributed by atoms with Crippen molar-refractivity contribution in [2.24, 2.45) is 0 Å². The summed E-state index contributed by atoms with van der Waals surface area (Å²) in [5.41, 5.74) is 1.38. The second-order valence-corrected chi connectivity index (χ2v) is 7.94. The van der Waals surface area contributed by atoms with Crippen molar-refractivity contribution in [3.05, 3.63) is 51.1 Å². The maximum Gasteiger partial charge on any atom is 0.270 e. The third-order valence-electron chi connectivity index (χ3n) is 3.62. The van der Waals surface area contributed by atoms with Crippen LogP contribution in [0, 0.1) is 5.82 Å². The van der Waals surface area contributed by atoms with Crippen LogP contribution in [0.5, 0.6) is 0 Å². The lowest BCUT2D eigenvalue weighted by molar-refractivity contribution is -0.113. The van der Waals surface area contributed by atoms with E-state index >= 15 is 0 Å². The van der Waals surface area contributed by atoms with Crippen LogP contribution in [0.2, 0.25) is 0 Å². The molecule has 1 saturated heterocycles. The van der Waals surface area contributed by atoms with Crippen molar-refractivity contribution in [1.29, 1.82) is 0 Å². The quantitative estimate of drug-likeness (QED) is 0.592. The first-order valence-corrected chi connectivity index (χ1v) is 9.21. The fourth-order valence-corrected chi connectivity index (χ4v) is 4.53. The van der Waals surface area contributed by atoms with Crippen molar-refractivity contribution in [3.63, 3.8) is 0 Å². The summed E-state index contributed by atoms with van der Waals surface area (Å²) in [4.78, 5) is 19.1. The van der Waals surface area contributed by atoms with Crippen molar-refractivity contribution in [3.8, 4) is 0 Å². The molecule has 1 aromatic heterocycles. The fourth-order valence-electron chi connectivity index (χ4n) is 2.30. The Balaban J connectivity index is 1.60. The highest BCUT2D eigenvalue weighted by Crippen LogP contribution is 2.42. The van der Waals surface area contributed by atoms with Gasteiger partial charge in [0.1, 0.15) is 5.82 Å². The molecule has 1 aromatic carbocycles. The zero-order valence-electron chi connectivity index (χ0n) is 11.9. The molecule has 2 fully saturated rings. The molecule has 0 atom stereocenters. The van der Waals surface area contributed by atoms with Crippen LogP contribution in [0.4, 0.5) is 10.1 Å². The summed E-state index contributed by atoms with van der Waals surface area (Å²) in [5, 5.41) is 3.11. The van der Waals surface area contributed by atoms with E-state index in [4.69, 9.17) is 12.2 Å². The number of hydrogen-bond donors (Lipinski definition) is 0. The number of hydrogen-bond acceptors (Lipinski definition) is 5. The van der Waals surface area contributed by atoms with Gasteiger partial charge in [-0.1, -0.05) is 24.0 Å². The summed E-state index contributed by atoms with van der Waals surface area (Å²) in [6.07, 6.45) is 4.20. The smallest absolute Gasteiger partial charge is 0.268 e. The van der Waals surface area contributed by atoms with Gasteiger partial charge in [0.25, 0.3) is 5.91 Å². The van der Waals surface area contributed by atoms with E-state index < -0.39 is 0 Å². The minimum atomic E-state index is -0.343. The minimum Gasteiger partial charge on any atom is -0.268 e. The number of anilines is 1. The van der Waals surface area contributed by atoms with Gasteiger partial charge in [-0.05, 0) is 43.2 Å². The molecule has 2 heterocycles. The lowest BCUT2D eigenvalue weighted by Gasteiger charge is -2.14. The van der Waals surface area contributed by atoms with E-state index in [2.05, 4.69) is 4.98 Å². The molecule has 2 aromatic rings. The summed E-state index contributed by atoms with van der Waals surface area (Å²) in [5.74, 6) is 0.0771. The number of thioether (sulfide) groups is 1. The van der Waals surface area contributed by atoms with Crippen LogP contribution in [0.1, 0.15) is 29.5 Å². The van der Waals surface area contributed by atoms with Crippen LogP contribution in [0.15, 0.2) is 34.6 Å². The summed E-state index contributed by atoms with van der Waals surface area (Å²) < 4.78 is 13.5. The third kappa shape index (κ3) is 2.96. The van der Waals surface area contributed by atoms with Crippen molar-refractivity contribution in [1.82, 2.24) is 4.98 Å². The predicted octanol–water partition coefficient (Wildman–Crippen LogP) is 4.57. The van der Waals surface area contributed by atoms with Crippen LogP contribution < -0.4 is 4.90 Å². The number of thiazole rings is 1. The van der Waals surface area contributed by atoms with Gasteiger partial charge in [-0.15, -0.1) is 11.3 Å². The average molecular weight is 362 g/mol.